The van der Waals surface area contributed by atoms with E-state index in [1.807, 2.05) is 33.2 Å². The molecule has 0 saturated carbocycles. The maximum atomic E-state index is 13.4. The molecule has 166 valence electrons. The fraction of sp³-hybridized carbons (Fsp3) is 0.364. The van der Waals surface area contributed by atoms with Gasteiger partial charge in [0.05, 0.1) is 20.9 Å². The zero-order valence-corrected chi connectivity index (χ0v) is 20.4. The Morgan fingerprint density at radius 2 is 1.81 bits per heavy atom. The number of carbonyl (C=O) groups excluding carboxylic acids is 1. The van der Waals surface area contributed by atoms with E-state index in [2.05, 4.69) is 4.90 Å². The summed E-state index contributed by atoms with van der Waals surface area (Å²) in [6.45, 7) is 4.87. The quantitative estimate of drug-likeness (QED) is 0.470. The van der Waals surface area contributed by atoms with Crippen LogP contribution in [0.3, 0.4) is 0 Å². The molecular formula is C22H26ClN3O3S2. The molecule has 1 aromatic heterocycles. The van der Waals surface area contributed by atoms with Gasteiger partial charge in [0.2, 0.25) is 0 Å². The van der Waals surface area contributed by atoms with Gasteiger partial charge in [0.15, 0.2) is 15.0 Å². The van der Waals surface area contributed by atoms with Crippen molar-refractivity contribution in [2.75, 3.05) is 37.8 Å². The Labute approximate surface area is 192 Å². The molecular weight excluding hydrogens is 454 g/mol. The first-order chi connectivity index (χ1) is 14.6. The van der Waals surface area contributed by atoms with Crippen LogP contribution in [-0.4, -0.2) is 57.1 Å². The first-order valence-corrected chi connectivity index (χ1v) is 12.8. The van der Waals surface area contributed by atoms with Gasteiger partial charge >= 0.3 is 0 Å². The molecule has 3 aromatic rings. The molecule has 0 aliphatic heterocycles. The van der Waals surface area contributed by atoms with E-state index < -0.39 is 9.84 Å². The third kappa shape index (κ3) is 5.44. The fourth-order valence-electron chi connectivity index (χ4n) is 3.21. The third-order valence-corrected chi connectivity index (χ3v) is 7.94. The number of carbonyl (C=O) groups is 1. The number of rotatable bonds is 8. The predicted octanol–water partition coefficient (Wildman–Crippen LogP) is 4.65. The lowest BCUT2D eigenvalue weighted by Crippen LogP contribution is -2.33. The minimum atomic E-state index is -3.32. The van der Waals surface area contributed by atoms with Crippen molar-refractivity contribution < 1.29 is 13.2 Å². The van der Waals surface area contributed by atoms with Gasteiger partial charge in [0.25, 0.3) is 5.91 Å². The summed E-state index contributed by atoms with van der Waals surface area (Å²) in [7, 11) is 0.660. The molecule has 31 heavy (non-hydrogen) atoms. The molecule has 1 heterocycles. The maximum Gasteiger partial charge on any atom is 0.260 e. The van der Waals surface area contributed by atoms with E-state index in [9.17, 15) is 13.2 Å². The van der Waals surface area contributed by atoms with Gasteiger partial charge in [-0.25, -0.2) is 13.4 Å². The molecule has 3 rings (SSSR count). The molecule has 1 amide bonds. The average Bonchev–Trinajstić information content (AvgIpc) is 3.14. The zero-order valence-electron chi connectivity index (χ0n) is 18.1. The Morgan fingerprint density at radius 1 is 1.13 bits per heavy atom. The zero-order chi connectivity index (χ0) is 22.8. The van der Waals surface area contributed by atoms with Crippen LogP contribution in [0, 0.1) is 6.92 Å². The fourth-order valence-corrected chi connectivity index (χ4v) is 5.54. The van der Waals surface area contributed by atoms with E-state index in [-0.39, 0.29) is 16.6 Å². The number of anilines is 1. The molecule has 0 bridgehead atoms. The number of hydrogen-bond acceptors (Lipinski definition) is 6. The van der Waals surface area contributed by atoms with E-state index in [0.717, 1.165) is 28.7 Å². The van der Waals surface area contributed by atoms with Gasteiger partial charge in [-0.05, 0) is 75.9 Å². The molecule has 0 saturated heterocycles. The topological polar surface area (TPSA) is 70.6 Å². The molecule has 2 aromatic carbocycles. The van der Waals surface area contributed by atoms with Crippen LogP contribution in [0.1, 0.15) is 29.3 Å². The Morgan fingerprint density at radius 3 is 2.42 bits per heavy atom. The summed E-state index contributed by atoms with van der Waals surface area (Å²) in [5.74, 6) is -0.188. The highest BCUT2D eigenvalue weighted by molar-refractivity contribution is 7.91. The highest BCUT2D eigenvalue weighted by Gasteiger charge is 2.22. The van der Waals surface area contributed by atoms with Gasteiger partial charge < -0.3 is 4.90 Å². The molecule has 0 fully saturated rings. The van der Waals surface area contributed by atoms with E-state index in [4.69, 9.17) is 16.6 Å². The van der Waals surface area contributed by atoms with Crippen LogP contribution < -0.4 is 4.90 Å². The number of halogens is 1. The number of nitrogens with zero attached hydrogens (tertiary/aromatic N) is 3. The highest BCUT2D eigenvalue weighted by Crippen LogP contribution is 2.33. The Kier molecular flexibility index (Phi) is 7.36. The van der Waals surface area contributed by atoms with Gasteiger partial charge in [0.1, 0.15) is 0 Å². The van der Waals surface area contributed by atoms with Crippen LogP contribution in [0.15, 0.2) is 41.3 Å². The Balaban J connectivity index is 1.97. The highest BCUT2D eigenvalue weighted by atomic mass is 35.5. The molecule has 0 spiro atoms. The smallest absolute Gasteiger partial charge is 0.260 e. The summed E-state index contributed by atoms with van der Waals surface area (Å²) in [6, 6.07) is 9.84. The molecule has 0 aliphatic rings. The lowest BCUT2D eigenvalue weighted by Gasteiger charge is -2.21. The number of aryl methyl sites for hydroxylation is 1. The molecule has 0 radical (unpaired) electrons. The second-order valence-electron chi connectivity index (χ2n) is 7.61. The summed E-state index contributed by atoms with van der Waals surface area (Å²) >= 11 is 7.62. The van der Waals surface area contributed by atoms with Crippen LogP contribution in [0.25, 0.3) is 10.2 Å². The van der Waals surface area contributed by atoms with Crippen molar-refractivity contribution in [2.24, 2.45) is 0 Å². The molecule has 6 nitrogen and oxygen atoms in total. The molecule has 0 atom stereocenters. The Hall–Kier alpha value is -2.00. The van der Waals surface area contributed by atoms with Gasteiger partial charge in [-0.3, -0.25) is 9.69 Å². The summed E-state index contributed by atoms with van der Waals surface area (Å²) in [5.41, 5.74) is 2.22. The number of amides is 1. The van der Waals surface area contributed by atoms with Crippen LogP contribution in [-0.2, 0) is 9.84 Å². The van der Waals surface area contributed by atoms with E-state index in [1.165, 1.54) is 23.5 Å². The predicted molar refractivity (Wildman–Crippen MR) is 128 cm³/mol. The van der Waals surface area contributed by atoms with E-state index >= 15 is 0 Å². The van der Waals surface area contributed by atoms with Crippen molar-refractivity contribution in [1.82, 2.24) is 9.88 Å². The van der Waals surface area contributed by atoms with Crippen molar-refractivity contribution in [1.29, 1.82) is 0 Å². The largest absolute Gasteiger partial charge is 0.309 e. The summed E-state index contributed by atoms with van der Waals surface area (Å²) in [6.07, 6.45) is 0.775. The molecule has 0 N–H and O–H groups in total. The van der Waals surface area contributed by atoms with Crippen LogP contribution in [0.5, 0.6) is 0 Å². The summed E-state index contributed by atoms with van der Waals surface area (Å²) in [5, 5.41) is 1.24. The lowest BCUT2D eigenvalue weighted by molar-refractivity contribution is 0.0986. The minimum Gasteiger partial charge on any atom is -0.309 e. The average molecular weight is 480 g/mol. The van der Waals surface area contributed by atoms with Crippen molar-refractivity contribution in [3.63, 3.8) is 0 Å². The lowest BCUT2D eigenvalue weighted by atomic mass is 10.2. The SMILES string of the molecule is CCS(=O)(=O)c1ccc(C(=O)N(CCCN(C)C)c2nc3c(C)cc(Cl)cc3s2)cc1. The Bertz CT molecular complexity index is 1190. The first-order valence-electron chi connectivity index (χ1n) is 9.98. The second kappa shape index (κ2) is 9.65. The molecule has 0 aliphatic carbocycles. The maximum absolute atomic E-state index is 13.4. The summed E-state index contributed by atoms with van der Waals surface area (Å²) < 4.78 is 25.1. The number of fused-ring (bicyclic) bond motifs is 1. The van der Waals surface area contributed by atoms with E-state index in [0.29, 0.717) is 22.3 Å². The van der Waals surface area contributed by atoms with Gasteiger partial charge in [0, 0.05) is 17.1 Å². The van der Waals surface area contributed by atoms with Crippen LogP contribution in [0.4, 0.5) is 5.13 Å². The van der Waals surface area contributed by atoms with Gasteiger partial charge in [-0.1, -0.05) is 29.9 Å². The number of aromatic nitrogens is 1. The standard InChI is InChI=1S/C22H26ClN3O3S2/c1-5-31(28,29)18-9-7-16(8-10-18)21(27)26(12-6-11-25(3)4)22-24-20-15(2)13-17(23)14-19(20)30-22/h7-10,13-14H,5-6,11-12H2,1-4H3. The number of sulfone groups is 1. The van der Waals surface area contributed by atoms with Crippen molar-refractivity contribution in [3.05, 3.63) is 52.5 Å². The van der Waals surface area contributed by atoms with E-state index in [1.54, 1.807) is 24.0 Å². The number of benzene rings is 2. The first kappa shape index (κ1) is 23.7. The molecule has 9 heteroatoms. The van der Waals surface area contributed by atoms with Crippen LogP contribution >= 0.6 is 22.9 Å². The van der Waals surface area contributed by atoms with Crippen molar-refractivity contribution in [3.8, 4) is 0 Å². The molecule has 0 unspecified atom stereocenters. The van der Waals surface area contributed by atoms with Crippen molar-refractivity contribution in [2.45, 2.75) is 25.2 Å². The van der Waals surface area contributed by atoms with Crippen molar-refractivity contribution >= 4 is 54.0 Å². The number of hydrogen-bond donors (Lipinski definition) is 0. The monoisotopic (exact) mass is 479 g/mol. The normalized spacial score (nSPS) is 11.9. The van der Waals surface area contributed by atoms with Gasteiger partial charge in [-0.2, -0.15) is 0 Å². The number of thiazole rings is 1. The van der Waals surface area contributed by atoms with Gasteiger partial charge in [-0.15, -0.1) is 0 Å². The minimum absolute atomic E-state index is 0.0184. The second-order valence-corrected chi connectivity index (χ2v) is 11.3. The summed E-state index contributed by atoms with van der Waals surface area (Å²) in [4.78, 5) is 22.1. The third-order valence-electron chi connectivity index (χ3n) is 4.94. The van der Waals surface area contributed by atoms with Crippen LogP contribution in [0.2, 0.25) is 5.02 Å².